The van der Waals surface area contributed by atoms with Crippen molar-refractivity contribution in [2.24, 2.45) is 0 Å². The molecule has 0 spiro atoms. The molecule has 68 heavy (non-hydrogen) atoms. The topological polar surface area (TPSA) is 34.1 Å². The van der Waals surface area contributed by atoms with E-state index in [1.807, 2.05) is 133 Å². The molecule has 0 atom stereocenters. The first-order chi connectivity index (χ1) is 33.5. The molecule has 0 aromatic heterocycles. The zero-order chi connectivity index (χ0) is 46.3. The van der Waals surface area contributed by atoms with Crippen molar-refractivity contribution in [3.8, 4) is 0 Å². The summed E-state index contributed by atoms with van der Waals surface area (Å²) in [4.78, 5) is 0.258. The summed E-state index contributed by atoms with van der Waals surface area (Å²) in [5.74, 6) is 0. The fourth-order valence-electron chi connectivity index (χ4n) is 10.4. The summed E-state index contributed by atoms with van der Waals surface area (Å²) < 4.78 is 32.1. The summed E-state index contributed by atoms with van der Waals surface area (Å²) >= 11 is 0. The first-order valence-electron chi connectivity index (χ1n) is 23.1. The van der Waals surface area contributed by atoms with Crippen molar-refractivity contribution in [2.45, 2.75) is 26.2 Å². The van der Waals surface area contributed by atoms with Crippen LogP contribution in [0, 0.1) is 0 Å². The Bertz CT molecular complexity index is 2850. The lowest BCUT2D eigenvalue weighted by molar-refractivity contribution is 0.606. The number of hydrogen-bond donors (Lipinski definition) is 0. The number of benzene rings is 10. The summed E-state index contributed by atoms with van der Waals surface area (Å²) in [6, 6.07) is 102. The molecule has 0 saturated heterocycles. The van der Waals surface area contributed by atoms with Gasteiger partial charge in [0.05, 0.1) is 0 Å². The van der Waals surface area contributed by atoms with Crippen LogP contribution in [0.4, 0.5) is 0 Å². The Morgan fingerprint density at radius 1 is 0.265 bits per heavy atom. The SMILES string of the molecule is O=S(=O)(c1ccc(CC(c2ccccc2)(c2ccccc2)c2ccccc2)cc1)[S+](C(c1ccccc1)(c1ccccc1)c1ccccc1)C(c1ccccc1)(c1ccccc1)c1ccccc1. The van der Waals surface area contributed by atoms with Crippen LogP contribution in [0.5, 0.6) is 0 Å². The van der Waals surface area contributed by atoms with E-state index in [-0.39, 0.29) is 4.90 Å². The van der Waals surface area contributed by atoms with Gasteiger partial charge < -0.3 is 0 Å². The second kappa shape index (κ2) is 19.4. The third kappa shape index (κ3) is 7.80. The smallest absolute Gasteiger partial charge is 0.173 e. The summed E-state index contributed by atoms with van der Waals surface area (Å²) in [5, 5.41) is 0. The molecule has 0 heterocycles. The highest BCUT2D eigenvalue weighted by Crippen LogP contribution is 2.60. The quantitative estimate of drug-likeness (QED) is 0.0583. The van der Waals surface area contributed by atoms with Gasteiger partial charge in [-0.05, 0) is 40.8 Å². The molecule has 2 nitrogen and oxygen atoms in total. The van der Waals surface area contributed by atoms with E-state index in [1.165, 1.54) is 0 Å². The standard InChI is InChI=1S/C64H51O2S2/c65-68(66,61-48-46-51(47-49-61)50-62(52-28-10-1-11-29-52,53-30-12-2-13-31-53)54-32-14-3-15-33-54)67(63(55-34-16-4-17-35-55,56-36-18-5-19-37-56)57-38-20-6-21-39-57)64(58-40-22-7-23-41-58,59-42-24-8-25-43-59)60-44-26-9-27-45-60/h1-49H,50H2/q+1. The monoisotopic (exact) mass is 915 g/mol. The molecule has 0 unspecified atom stereocenters. The maximum atomic E-state index is 17.3. The number of rotatable bonds is 15. The molecular weight excluding hydrogens is 865 g/mol. The minimum absolute atomic E-state index is 0.258. The second-order valence-electron chi connectivity index (χ2n) is 17.1. The van der Waals surface area contributed by atoms with Crippen molar-refractivity contribution in [2.75, 3.05) is 0 Å². The lowest BCUT2D eigenvalue weighted by Crippen LogP contribution is -2.54. The van der Waals surface area contributed by atoms with Gasteiger partial charge in [-0.3, -0.25) is 0 Å². The van der Waals surface area contributed by atoms with Gasteiger partial charge in [0.25, 0.3) is 0 Å². The van der Waals surface area contributed by atoms with Gasteiger partial charge in [0, 0.05) is 38.8 Å². The Hall–Kier alpha value is -7.50. The largest absolute Gasteiger partial charge is 0.347 e. The van der Waals surface area contributed by atoms with Crippen LogP contribution in [-0.2, 0) is 40.1 Å². The Labute approximate surface area is 404 Å². The van der Waals surface area contributed by atoms with Gasteiger partial charge in [-0.2, -0.15) is 8.42 Å². The minimum atomic E-state index is -4.39. The van der Waals surface area contributed by atoms with E-state index in [0.29, 0.717) is 6.42 Å². The van der Waals surface area contributed by atoms with Gasteiger partial charge in [-0.1, -0.05) is 285 Å². The predicted octanol–water partition coefficient (Wildman–Crippen LogP) is 14.6. The lowest BCUT2D eigenvalue weighted by atomic mass is 9.66. The lowest BCUT2D eigenvalue weighted by Gasteiger charge is -2.43. The molecule has 4 heteroatoms. The van der Waals surface area contributed by atoms with Crippen molar-refractivity contribution >= 4 is 18.8 Å². The van der Waals surface area contributed by atoms with E-state index >= 15 is 8.42 Å². The van der Waals surface area contributed by atoms with Crippen LogP contribution in [0.25, 0.3) is 0 Å². The van der Waals surface area contributed by atoms with E-state index < -0.39 is 33.7 Å². The maximum absolute atomic E-state index is 17.3. The maximum Gasteiger partial charge on any atom is 0.347 e. The van der Waals surface area contributed by atoms with Crippen molar-refractivity contribution < 1.29 is 8.42 Å². The highest BCUT2D eigenvalue weighted by atomic mass is 33.2. The van der Waals surface area contributed by atoms with Crippen molar-refractivity contribution in [3.63, 3.8) is 0 Å². The zero-order valence-corrected chi connectivity index (χ0v) is 39.3. The third-order valence-electron chi connectivity index (χ3n) is 13.3. The van der Waals surface area contributed by atoms with E-state index in [0.717, 1.165) is 55.6 Å². The Balaban J connectivity index is 1.29. The number of hydrogen-bond acceptors (Lipinski definition) is 2. The van der Waals surface area contributed by atoms with Crippen molar-refractivity contribution in [1.82, 2.24) is 0 Å². The molecule has 10 aromatic rings. The highest BCUT2D eigenvalue weighted by Gasteiger charge is 2.71. The molecule has 0 aliphatic heterocycles. The molecule has 0 N–H and O–H groups in total. The first kappa shape index (κ1) is 44.3. The Morgan fingerprint density at radius 2 is 0.471 bits per heavy atom. The van der Waals surface area contributed by atoms with E-state index in [4.69, 9.17) is 0 Å². The van der Waals surface area contributed by atoms with Crippen molar-refractivity contribution in [3.05, 3.63) is 353 Å². The Morgan fingerprint density at radius 3 is 0.691 bits per heavy atom. The molecule has 10 aromatic carbocycles. The van der Waals surface area contributed by atoms with Crippen LogP contribution in [0.15, 0.2) is 302 Å². The van der Waals surface area contributed by atoms with Crippen LogP contribution in [0.1, 0.15) is 55.6 Å². The van der Waals surface area contributed by atoms with Gasteiger partial charge in [0.2, 0.25) is 9.49 Å². The van der Waals surface area contributed by atoms with Crippen LogP contribution in [0.3, 0.4) is 0 Å². The van der Waals surface area contributed by atoms with Crippen LogP contribution in [-0.4, -0.2) is 8.42 Å². The molecule has 0 fully saturated rings. The predicted molar refractivity (Wildman–Crippen MR) is 282 cm³/mol. The van der Waals surface area contributed by atoms with Crippen molar-refractivity contribution in [1.29, 1.82) is 0 Å². The highest BCUT2D eigenvalue weighted by molar-refractivity contribution is 8.70. The van der Waals surface area contributed by atoms with Crippen LogP contribution in [0.2, 0.25) is 0 Å². The fraction of sp³-hybridized carbons (Fsp3) is 0.0625. The summed E-state index contributed by atoms with van der Waals surface area (Å²) in [6.07, 6.45) is 0.598. The molecule has 0 saturated carbocycles. The molecule has 10 rings (SSSR count). The molecule has 330 valence electrons. The molecular formula is C64H51O2S2+. The van der Waals surface area contributed by atoms with Gasteiger partial charge >= 0.3 is 8.87 Å². The van der Waals surface area contributed by atoms with Gasteiger partial charge in [0.1, 0.15) is 4.90 Å². The van der Waals surface area contributed by atoms with Crippen LogP contribution < -0.4 is 0 Å². The van der Waals surface area contributed by atoms with E-state index in [2.05, 4.69) is 164 Å². The molecule has 0 aliphatic rings. The normalized spacial score (nSPS) is 12.1. The van der Waals surface area contributed by atoms with Gasteiger partial charge in [-0.25, -0.2) is 0 Å². The Kier molecular flexibility index (Phi) is 12.6. The average molecular weight is 916 g/mol. The minimum Gasteiger partial charge on any atom is -0.173 e. The van der Waals surface area contributed by atoms with E-state index in [9.17, 15) is 0 Å². The molecule has 0 radical (unpaired) electrons. The van der Waals surface area contributed by atoms with Gasteiger partial charge in [-0.15, -0.1) is 0 Å². The summed E-state index contributed by atoms with van der Waals surface area (Å²) in [7, 11) is -6.12. The average Bonchev–Trinajstić information content (AvgIpc) is 3.43. The molecule has 0 bridgehead atoms. The third-order valence-corrected chi connectivity index (χ3v) is 20.5. The van der Waals surface area contributed by atoms with Crippen LogP contribution >= 0.6 is 0 Å². The van der Waals surface area contributed by atoms with Gasteiger partial charge in [0.15, 0.2) is 9.93 Å². The molecule has 0 amide bonds. The summed E-state index contributed by atoms with van der Waals surface area (Å²) in [6.45, 7) is 0. The zero-order valence-electron chi connectivity index (χ0n) is 37.6. The van der Waals surface area contributed by atoms with E-state index in [1.54, 1.807) is 0 Å². The molecule has 0 aliphatic carbocycles. The fourth-order valence-corrected chi connectivity index (χ4v) is 18.9. The summed E-state index contributed by atoms with van der Waals surface area (Å²) in [5.41, 5.74) is 9.21. The first-order valence-corrected chi connectivity index (χ1v) is 26.3. The second-order valence-corrected chi connectivity index (χ2v) is 22.6.